The Labute approximate surface area is 90.1 Å². The molecule has 1 aliphatic rings. The average Bonchev–Trinajstić information content (AvgIpc) is 2.71. The molecule has 0 amide bonds. The highest BCUT2D eigenvalue weighted by Gasteiger charge is 2.07. The summed E-state index contributed by atoms with van der Waals surface area (Å²) >= 11 is 0. The van der Waals surface area contributed by atoms with Crippen LogP contribution in [0, 0.1) is 11.3 Å². The smallest absolute Gasteiger partial charge is 0.115 e. The van der Waals surface area contributed by atoms with E-state index >= 15 is 0 Å². The fourth-order valence-corrected chi connectivity index (χ4v) is 1.49. The van der Waals surface area contributed by atoms with Gasteiger partial charge in [-0.1, -0.05) is 12.8 Å². The number of hydrogen-bond donors (Lipinski definition) is 2. The Morgan fingerprint density at radius 1 is 1.20 bits per heavy atom. The van der Waals surface area contributed by atoms with Crippen LogP contribution < -0.4 is 5.73 Å². The monoisotopic (exact) mass is 204 g/mol. The quantitative estimate of drug-likeness (QED) is 0.680. The molecule has 80 valence electrons. The van der Waals surface area contributed by atoms with Crippen LogP contribution in [-0.4, -0.2) is 11.1 Å². The summed E-state index contributed by atoms with van der Waals surface area (Å²) in [5, 5.41) is 17.0. The summed E-state index contributed by atoms with van der Waals surface area (Å²) < 4.78 is 0. The van der Waals surface area contributed by atoms with Crippen molar-refractivity contribution in [2.45, 2.75) is 31.7 Å². The summed E-state index contributed by atoms with van der Waals surface area (Å²) in [7, 11) is 0. The number of nitrogens with zero attached hydrogens (tertiary/aromatic N) is 1. The largest absolute Gasteiger partial charge is 0.508 e. The van der Waals surface area contributed by atoms with Crippen molar-refractivity contribution in [1.82, 2.24) is 0 Å². The number of benzene rings is 1. The number of nitrogens with two attached hydrogens (primary N) is 1. The Kier molecular flexibility index (Phi) is 4.65. The topological polar surface area (TPSA) is 70.0 Å². The van der Waals surface area contributed by atoms with E-state index in [0.717, 1.165) is 0 Å². The molecule has 3 N–H and O–H groups in total. The van der Waals surface area contributed by atoms with Gasteiger partial charge >= 0.3 is 0 Å². The molecule has 0 bridgehead atoms. The zero-order valence-electron chi connectivity index (χ0n) is 8.69. The van der Waals surface area contributed by atoms with Gasteiger partial charge in [-0.25, -0.2) is 0 Å². The van der Waals surface area contributed by atoms with Gasteiger partial charge in [-0.15, -0.1) is 0 Å². The highest BCUT2D eigenvalue weighted by molar-refractivity contribution is 5.33. The van der Waals surface area contributed by atoms with E-state index in [0.29, 0.717) is 11.6 Å². The molecule has 3 nitrogen and oxygen atoms in total. The number of aromatic hydroxyl groups is 1. The molecule has 0 unspecified atom stereocenters. The number of phenolic OH excluding ortho intramolecular Hbond substituents is 1. The number of nitriles is 1. The first kappa shape index (κ1) is 11.5. The van der Waals surface area contributed by atoms with E-state index in [4.69, 9.17) is 16.1 Å². The van der Waals surface area contributed by atoms with Crippen LogP contribution in [0.5, 0.6) is 5.75 Å². The lowest BCUT2D eigenvalue weighted by atomic mass is 10.2. The Morgan fingerprint density at radius 3 is 2.07 bits per heavy atom. The standard InChI is InChI=1S/C7H5NO.C5H11N/c8-5-6-1-3-7(9)4-2-6;6-5-3-1-2-4-5/h1-4,9H;5H,1-4,6H2. The van der Waals surface area contributed by atoms with Crippen molar-refractivity contribution in [2.24, 2.45) is 5.73 Å². The van der Waals surface area contributed by atoms with Gasteiger partial charge < -0.3 is 10.8 Å². The third-order valence-corrected chi connectivity index (χ3v) is 2.40. The van der Waals surface area contributed by atoms with Gasteiger partial charge in [0.25, 0.3) is 0 Å². The van der Waals surface area contributed by atoms with Gasteiger partial charge in [0.15, 0.2) is 0 Å². The number of rotatable bonds is 0. The van der Waals surface area contributed by atoms with Gasteiger partial charge in [0.05, 0.1) is 11.6 Å². The van der Waals surface area contributed by atoms with Gasteiger partial charge in [0.2, 0.25) is 0 Å². The molecule has 0 spiro atoms. The molecular weight excluding hydrogens is 188 g/mol. The van der Waals surface area contributed by atoms with Crippen LogP contribution in [0.3, 0.4) is 0 Å². The van der Waals surface area contributed by atoms with E-state index in [1.807, 2.05) is 6.07 Å². The lowest BCUT2D eigenvalue weighted by Gasteiger charge is -1.92. The lowest BCUT2D eigenvalue weighted by molar-refractivity contribution is 0.475. The van der Waals surface area contributed by atoms with E-state index in [-0.39, 0.29) is 5.75 Å². The van der Waals surface area contributed by atoms with Crippen LogP contribution in [-0.2, 0) is 0 Å². The molecule has 0 atom stereocenters. The molecule has 0 aliphatic heterocycles. The van der Waals surface area contributed by atoms with E-state index in [1.165, 1.54) is 37.8 Å². The number of phenols is 1. The van der Waals surface area contributed by atoms with Gasteiger partial charge in [-0.05, 0) is 37.1 Å². The van der Waals surface area contributed by atoms with Crippen molar-refractivity contribution in [2.75, 3.05) is 0 Å². The van der Waals surface area contributed by atoms with Crippen LogP contribution in [0.4, 0.5) is 0 Å². The second-order valence-corrected chi connectivity index (χ2v) is 3.70. The molecule has 1 aromatic carbocycles. The molecule has 1 fully saturated rings. The molecule has 1 aliphatic carbocycles. The lowest BCUT2D eigenvalue weighted by Crippen LogP contribution is -2.13. The maximum absolute atomic E-state index is 8.74. The third kappa shape index (κ3) is 4.48. The summed E-state index contributed by atoms with van der Waals surface area (Å²) in [6.45, 7) is 0. The van der Waals surface area contributed by atoms with Gasteiger partial charge in [-0.2, -0.15) is 5.26 Å². The van der Waals surface area contributed by atoms with Crippen molar-refractivity contribution < 1.29 is 5.11 Å². The maximum Gasteiger partial charge on any atom is 0.115 e. The van der Waals surface area contributed by atoms with Crippen LogP contribution in [0.2, 0.25) is 0 Å². The first-order valence-electron chi connectivity index (χ1n) is 5.17. The highest BCUT2D eigenvalue weighted by Crippen LogP contribution is 2.14. The zero-order valence-corrected chi connectivity index (χ0v) is 8.69. The summed E-state index contributed by atoms with van der Waals surface area (Å²) in [6, 6.07) is 8.59. The van der Waals surface area contributed by atoms with Crippen molar-refractivity contribution in [3.05, 3.63) is 29.8 Å². The van der Waals surface area contributed by atoms with Crippen molar-refractivity contribution >= 4 is 0 Å². The second-order valence-electron chi connectivity index (χ2n) is 3.70. The van der Waals surface area contributed by atoms with Crippen molar-refractivity contribution in [3.63, 3.8) is 0 Å². The summed E-state index contributed by atoms with van der Waals surface area (Å²) in [6.07, 6.45) is 5.25. The Balaban J connectivity index is 0.000000162. The van der Waals surface area contributed by atoms with Gasteiger partial charge in [0, 0.05) is 6.04 Å². The molecule has 0 heterocycles. The first-order valence-corrected chi connectivity index (χ1v) is 5.17. The van der Waals surface area contributed by atoms with Crippen LogP contribution >= 0.6 is 0 Å². The van der Waals surface area contributed by atoms with Crippen molar-refractivity contribution in [3.8, 4) is 11.8 Å². The Morgan fingerprint density at radius 2 is 1.73 bits per heavy atom. The molecule has 0 radical (unpaired) electrons. The molecular formula is C12H16N2O. The predicted octanol–water partition coefficient (Wildman–Crippen LogP) is 2.15. The fourth-order valence-electron chi connectivity index (χ4n) is 1.49. The normalized spacial score (nSPS) is 15.2. The Bertz CT molecular complexity index is 320. The minimum atomic E-state index is 0.189. The third-order valence-electron chi connectivity index (χ3n) is 2.40. The molecule has 15 heavy (non-hydrogen) atoms. The molecule has 1 aromatic rings. The molecule has 0 saturated heterocycles. The summed E-state index contributed by atoms with van der Waals surface area (Å²) in [4.78, 5) is 0. The van der Waals surface area contributed by atoms with E-state index in [2.05, 4.69) is 0 Å². The molecule has 0 aromatic heterocycles. The second kappa shape index (κ2) is 6.05. The summed E-state index contributed by atoms with van der Waals surface area (Å²) in [5.74, 6) is 0.189. The van der Waals surface area contributed by atoms with Gasteiger partial charge in [-0.3, -0.25) is 0 Å². The Hall–Kier alpha value is -1.53. The maximum atomic E-state index is 8.74. The molecule has 3 heteroatoms. The van der Waals surface area contributed by atoms with Crippen LogP contribution in [0.25, 0.3) is 0 Å². The van der Waals surface area contributed by atoms with Crippen molar-refractivity contribution in [1.29, 1.82) is 5.26 Å². The van der Waals surface area contributed by atoms with E-state index in [9.17, 15) is 0 Å². The highest BCUT2D eigenvalue weighted by atomic mass is 16.3. The summed E-state index contributed by atoms with van der Waals surface area (Å²) in [5.41, 5.74) is 6.10. The van der Waals surface area contributed by atoms with Gasteiger partial charge in [0.1, 0.15) is 5.75 Å². The van der Waals surface area contributed by atoms with Crippen LogP contribution in [0.1, 0.15) is 31.2 Å². The van der Waals surface area contributed by atoms with Crippen LogP contribution in [0.15, 0.2) is 24.3 Å². The predicted molar refractivity (Wildman–Crippen MR) is 59.3 cm³/mol. The fraction of sp³-hybridized carbons (Fsp3) is 0.417. The minimum Gasteiger partial charge on any atom is -0.508 e. The van der Waals surface area contributed by atoms with E-state index < -0.39 is 0 Å². The number of hydrogen-bond acceptors (Lipinski definition) is 3. The molecule has 1 saturated carbocycles. The molecule has 2 rings (SSSR count). The minimum absolute atomic E-state index is 0.189. The first-order chi connectivity index (χ1) is 7.22. The SMILES string of the molecule is N#Cc1ccc(O)cc1.NC1CCCC1. The van der Waals surface area contributed by atoms with E-state index in [1.54, 1.807) is 12.1 Å². The zero-order chi connectivity index (χ0) is 11.1. The average molecular weight is 204 g/mol.